The minimum atomic E-state index is -0.924. The zero-order valence-corrected chi connectivity index (χ0v) is 10.1. The van der Waals surface area contributed by atoms with Crippen LogP contribution in [0.3, 0.4) is 0 Å². The van der Waals surface area contributed by atoms with Gasteiger partial charge in [-0.1, -0.05) is 36.9 Å². The number of ether oxygens (including phenoxy) is 2. The molecule has 1 aliphatic rings. The number of benzene rings is 1. The van der Waals surface area contributed by atoms with Crippen molar-refractivity contribution in [1.29, 1.82) is 0 Å². The number of hydrogen-bond acceptors (Lipinski definition) is 4. The molecule has 0 N–H and O–H groups in total. The highest BCUT2D eigenvalue weighted by atomic mass is 16.6. The van der Waals surface area contributed by atoms with Gasteiger partial charge in [0.2, 0.25) is 6.10 Å². The van der Waals surface area contributed by atoms with E-state index in [9.17, 15) is 9.59 Å². The van der Waals surface area contributed by atoms with Crippen molar-refractivity contribution in [3.63, 3.8) is 0 Å². The lowest BCUT2D eigenvalue weighted by atomic mass is 9.89. The van der Waals surface area contributed by atoms with Gasteiger partial charge in [0.25, 0.3) is 0 Å². The van der Waals surface area contributed by atoms with Gasteiger partial charge in [-0.2, -0.15) is 0 Å². The van der Waals surface area contributed by atoms with Crippen LogP contribution in [0.4, 0.5) is 0 Å². The molecule has 2 rings (SSSR count). The fourth-order valence-electron chi connectivity index (χ4n) is 2.01. The Balaban J connectivity index is 2.32. The van der Waals surface area contributed by atoms with Crippen LogP contribution in [0.25, 0.3) is 0 Å². The molecule has 18 heavy (non-hydrogen) atoms. The summed E-state index contributed by atoms with van der Waals surface area (Å²) in [7, 11) is 0. The molecule has 1 aromatic carbocycles. The first kappa shape index (κ1) is 12.4. The predicted molar refractivity (Wildman–Crippen MR) is 64.8 cm³/mol. The van der Waals surface area contributed by atoms with E-state index in [2.05, 4.69) is 6.58 Å². The molecular formula is C14H14O4. The summed E-state index contributed by atoms with van der Waals surface area (Å²) < 4.78 is 9.96. The Bertz CT molecular complexity index is 478. The molecule has 0 saturated carbocycles. The highest BCUT2D eigenvalue weighted by Gasteiger charge is 2.44. The Morgan fingerprint density at radius 3 is 2.67 bits per heavy atom. The fourth-order valence-corrected chi connectivity index (χ4v) is 2.01. The Labute approximate surface area is 105 Å². The Kier molecular flexibility index (Phi) is 3.46. The van der Waals surface area contributed by atoms with Crippen LogP contribution >= 0.6 is 0 Å². The minimum Gasteiger partial charge on any atom is -0.463 e. The van der Waals surface area contributed by atoms with Gasteiger partial charge in [0.1, 0.15) is 0 Å². The second-order valence-corrected chi connectivity index (χ2v) is 3.99. The summed E-state index contributed by atoms with van der Waals surface area (Å²) in [6.45, 7) is 5.66. The topological polar surface area (TPSA) is 52.6 Å². The number of esters is 2. The van der Waals surface area contributed by atoms with Crippen molar-refractivity contribution in [3.05, 3.63) is 48.0 Å². The van der Waals surface area contributed by atoms with Gasteiger partial charge < -0.3 is 9.47 Å². The number of carbonyl (C=O) groups is 2. The summed E-state index contributed by atoms with van der Waals surface area (Å²) in [5.41, 5.74) is 1.12. The molecule has 0 radical (unpaired) electrons. The normalized spacial score (nSPS) is 22.7. The Morgan fingerprint density at radius 1 is 1.39 bits per heavy atom. The number of rotatable bonds is 3. The summed E-state index contributed by atoms with van der Waals surface area (Å²) >= 11 is 0. The van der Waals surface area contributed by atoms with Crippen LogP contribution in [-0.4, -0.2) is 24.6 Å². The molecule has 4 nitrogen and oxygen atoms in total. The largest absolute Gasteiger partial charge is 0.463 e. The Morgan fingerprint density at radius 2 is 2.06 bits per heavy atom. The predicted octanol–water partition coefficient (Wildman–Crippen LogP) is 1.81. The van der Waals surface area contributed by atoms with Crippen LogP contribution in [-0.2, 0) is 19.1 Å². The van der Waals surface area contributed by atoms with E-state index >= 15 is 0 Å². The van der Waals surface area contributed by atoms with Crippen LogP contribution in [0.5, 0.6) is 0 Å². The van der Waals surface area contributed by atoms with Gasteiger partial charge in [-0.3, -0.25) is 0 Å². The molecule has 1 saturated heterocycles. The molecule has 2 atom stereocenters. The zero-order valence-electron chi connectivity index (χ0n) is 10.1. The molecule has 0 amide bonds. The summed E-state index contributed by atoms with van der Waals surface area (Å²) in [6, 6.07) is 9.22. The number of carbonyl (C=O) groups excluding carboxylic acids is 2. The molecule has 0 spiro atoms. The number of hydrogen-bond donors (Lipinski definition) is 0. The van der Waals surface area contributed by atoms with Crippen molar-refractivity contribution in [2.24, 2.45) is 0 Å². The highest BCUT2D eigenvalue weighted by molar-refractivity contribution is 5.97. The molecule has 4 heteroatoms. The maximum absolute atomic E-state index is 11.8. The van der Waals surface area contributed by atoms with Crippen LogP contribution in [0.1, 0.15) is 18.4 Å². The van der Waals surface area contributed by atoms with Crippen LogP contribution in [0.2, 0.25) is 0 Å². The van der Waals surface area contributed by atoms with Gasteiger partial charge >= 0.3 is 11.9 Å². The van der Waals surface area contributed by atoms with Gasteiger partial charge in [0, 0.05) is 5.57 Å². The van der Waals surface area contributed by atoms with E-state index in [-0.39, 0.29) is 6.61 Å². The quantitative estimate of drug-likeness (QED) is 0.603. The van der Waals surface area contributed by atoms with E-state index in [1.54, 1.807) is 6.92 Å². The van der Waals surface area contributed by atoms with E-state index in [0.717, 1.165) is 5.56 Å². The van der Waals surface area contributed by atoms with E-state index < -0.39 is 24.0 Å². The molecule has 0 aromatic heterocycles. The highest BCUT2D eigenvalue weighted by Crippen LogP contribution is 2.36. The molecule has 94 valence electrons. The molecular weight excluding hydrogens is 232 g/mol. The lowest BCUT2D eigenvalue weighted by Gasteiger charge is -2.16. The summed E-state index contributed by atoms with van der Waals surface area (Å²) in [6.07, 6.45) is -0.924. The second-order valence-electron chi connectivity index (χ2n) is 3.99. The summed E-state index contributed by atoms with van der Waals surface area (Å²) in [5.74, 6) is -1.53. The Hall–Kier alpha value is -2.10. The average Bonchev–Trinajstić information content (AvgIpc) is 2.67. The fraction of sp³-hybridized carbons (Fsp3) is 0.286. The third-order valence-electron chi connectivity index (χ3n) is 2.85. The molecule has 0 bridgehead atoms. The van der Waals surface area contributed by atoms with E-state index in [0.29, 0.717) is 5.57 Å². The lowest BCUT2D eigenvalue weighted by molar-refractivity contribution is -0.161. The lowest BCUT2D eigenvalue weighted by Crippen LogP contribution is -2.28. The van der Waals surface area contributed by atoms with Gasteiger partial charge in [-0.05, 0) is 12.5 Å². The van der Waals surface area contributed by atoms with Crippen molar-refractivity contribution < 1.29 is 19.1 Å². The third kappa shape index (κ3) is 2.14. The summed E-state index contributed by atoms with van der Waals surface area (Å²) in [5, 5.41) is 0. The van der Waals surface area contributed by atoms with Crippen LogP contribution in [0, 0.1) is 0 Å². The first-order chi connectivity index (χ1) is 8.65. The first-order valence-electron chi connectivity index (χ1n) is 5.76. The standard InChI is InChI=1S/C14H14O4/c1-3-17-14(16)12-11(9(2)13(15)18-12)10-7-5-4-6-8-10/h4-8,11-12H,2-3H2,1H3/t11-,12-/m1/s1. The van der Waals surface area contributed by atoms with Gasteiger partial charge in [0.15, 0.2) is 0 Å². The molecule has 0 aliphatic carbocycles. The van der Waals surface area contributed by atoms with Crippen molar-refractivity contribution in [3.8, 4) is 0 Å². The maximum Gasteiger partial charge on any atom is 0.348 e. The van der Waals surface area contributed by atoms with Crippen molar-refractivity contribution >= 4 is 11.9 Å². The monoisotopic (exact) mass is 246 g/mol. The van der Waals surface area contributed by atoms with E-state index in [1.807, 2.05) is 30.3 Å². The third-order valence-corrected chi connectivity index (χ3v) is 2.85. The first-order valence-corrected chi connectivity index (χ1v) is 5.76. The van der Waals surface area contributed by atoms with Gasteiger partial charge in [0.05, 0.1) is 12.5 Å². The second kappa shape index (κ2) is 5.04. The van der Waals surface area contributed by atoms with Crippen LogP contribution < -0.4 is 0 Å². The van der Waals surface area contributed by atoms with E-state index in [4.69, 9.17) is 9.47 Å². The minimum absolute atomic E-state index is 0.251. The van der Waals surface area contributed by atoms with Gasteiger partial charge in [-0.15, -0.1) is 0 Å². The molecule has 1 heterocycles. The molecule has 0 unspecified atom stereocenters. The SMILES string of the molecule is C=C1C(=O)O[C@@H](C(=O)OCC)[C@H]1c1ccccc1. The van der Waals surface area contributed by atoms with Crippen LogP contribution in [0.15, 0.2) is 42.5 Å². The smallest absolute Gasteiger partial charge is 0.348 e. The van der Waals surface area contributed by atoms with Gasteiger partial charge in [-0.25, -0.2) is 9.59 Å². The average molecular weight is 246 g/mol. The van der Waals surface area contributed by atoms with Crippen molar-refractivity contribution in [2.45, 2.75) is 18.9 Å². The molecule has 1 aromatic rings. The van der Waals surface area contributed by atoms with E-state index in [1.165, 1.54) is 0 Å². The van der Waals surface area contributed by atoms with Crippen molar-refractivity contribution in [1.82, 2.24) is 0 Å². The number of cyclic esters (lactones) is 1. The summed E-state index contributed by atoms with van der Waals surface area (Å²) in [4.78, 5) is 23.3. The van der Waals surface area contributed by atoms with Crippen molar-refractivity contribution in [2.75, 3.05) is 6.61 Å². The molecule has 1 aliphatic heterocycles. The molecule has 1 fully saturated rings. The maximum atomic E-state index is 11.8. The zero-order chi connectivity index (χ0) is 13.1.